The van der Waals surface area contributed by atoms with E-state index in [9.17, 15) is 9.59 Å². The van der Waals surface area contributed by atoms with Crippen LogP contribution in [-0.2, 0) is 9.53 Å². The van der Waals surface area contributed by atoms with Crippen molar-refractivity contribution in [1.29, 1.82) is 0 Å². The number of hydrogen-bond acceptors (Lipinski definition) is 4. The van der Waals surface area contributed by atoms with Gasteiger partial charge in [-0.05, 0) is 25.1 Å². The van der Waals surface area contributed by atoms with Crippen LogP contribution in [0.4, 0.5) is 0 Å². The molecule has 0 saturated carbocycles. The van der Waals surface area contributed by atoms with Crippen molar-refractivity contribution >= 4 is 11.9 Å². The minimum absolute atomic E-state index is 0.0513. The minimum atomic E-state index is -1.06. The highest BCUT2D eigenvalue weighted by molar-refractivity contribution is 5.95. The lowest BCUT2D eigenvalue weighted by Crippen LogP contribution is -2.51. The number of benzene rings is 1. The van der Waals surface area contributed by atoms with Gasteiger partial charge in [-0.1, -0.05) is 6.07 Å². The molecule has 20 heavy (non-hydrogen) atoms. The van der Waals surface area contributed by atoms with Gasteiger partial charge in [0, 0.05) is 12.1 Å². The van der Waals surface area contributed by atoms with Crippen LogP contribution in [0.5, 0.6) is 5.75 Å². The van der Waals surface area contributed by atoms with Crippen molar-refractivity contribution in [2.45, 2.75) is 19.1 Å². The first-order valence-corrected chi connectivity index (χ1v) is 6.33. The van der Waals surface area contributed by atoms with E-state index in [1.807, 2.05) is 0 Å². The summed E-state index contributed by atoms with van der Waals surface area (Å²) in [4.78, 5) is 24.9. The Hall–Kier alpha value is -2.08. The zero-order valence-electron chi connectivity index (χ0n) is 11.4. The second kappa shape index (κ2) is 5.92. The molecule has 1 aromatic rings. The molecule has 0 aromatic heterocycles. The fraction of sp³-hybridized carbons (Fsp3) is 0.429. The average molecular weight is 279 g/mol. The quantitative estimate of drug-likeness (QED) is 0.893. The van der Waals surface area contributed by atoms with Crippen molar-refractivity contribution < 1.29 is 24.2 Å². The van der Waals surface area contributed by atoms with Crippen LogP contribution < -0.4 is 4.74 Å². The fourth-order valence-corrected chi connectivity index (χ4v) is 2.19. The molecule has 1 unspecified atom stereocenters. The second-order valence-electron chi connectivity index (χ2n) is 4.72. The van der Waals surface area contributed by atoms with Gasteiger partial charge in [-0.3, -0.25) is 4.79 Å². The summed E-state index contributed by atoms with van der Waals surface area (Å²) in [5.41, 5.74) is 0.475. The molecular weight excluding hydrogens is 262 g/mol. The van der Waals surface area contributed by atoms with Gasteiger partial charge in [0.15, 0.2) is 6.10 Å². The third-order valence-electron chi connectivity index (χ3n) is 3.14. The van der Waals surface area contributed by atoms with Gasteiger partial charge in [-0.25, -0.2) is 4.79 Å². The summed E-state index contributed by atoms with van der Waals surface area (Å²) in [5.74, 6) is -0.683. The summed E-state index contributed by atoms with van der Waals surface area (Å²) in [5, 5.41) is 9.03. The molecule has 1 heterocycles. The Morgan fingerprint density at radius 3 is 2.80 bits per heavy atom. The normalized spacial score (nSPS) is 22.4. The standard InChI is InChI=1S/C14H17NO5/c1-9-7-15(8-12(20-9)14(17)18)13(16)10-4-3-5-11(6-10)19-2/h3-6,9,12H,7-8H2,1-2H3,(H,17,18)/t9-,12?/m1/s1. The molecule has 0 spiro atoms. The third kappa shape index (κ3) is 3.08. The lowest BCUT2D eigenvalue weighted by molar-refractivity contribution is -0.160. The highest BCUT2D eigenvalue weighted by Crippen LogP contribution is 2.18. The smallest absolute Gasteiger partial charge is 0.334 e. The highest BCUT2D eigenvalue weighted by atomic mass is 16.5. The van der Waals surface area contributed by atoms with Gasteiger partial charge in [0.05, 0.1) is 19.8 Å². The molecule has 108 valence electrons. The predicted octanol–water partition coefficient (Wildman–Crippen LogP) is 1.01. The van der Waals surface area contributed by atoms with Gasteiger partial charge in [0.1, 0.15) is 5.75 Å². The number of carbonyl (C=O) groups excluding carboxylic acids is 1. The van der Waals surface area contributed by atoms with Crippen molar-refractivity contribution in [3.8, 4) is 5.75 Å². The molecule has 6 nitrogen and oxygen atoms in total. The molecule has 0 aliphatic carbocycles. The molecule has 1 aliphatic heterocycles. The number of amides is 1. The summed E-state index contributed by atoms with van der Waals surface area (Å²) in [6.45, 7) is 2.18. The lowest BCUT2D eigenvalue weighted by atomic mass is 10.1. The van der Waals surface area contributed by atoms with Gasteiger partial charge >= 0.3 is 5.97 Å². The SMILES string of the molecule is COc1cccc(C(=O)N2CC(C(=O)O)O[C@H](C)C2)c1. The number of carboxylic acids is 1. The molecule has 0 radical (unpaired) electrons. The van der Waals surface area contributed by atoms with Crippen molar-refractivity contribution in [2.75, 3.05) is 20.2 Å². The van der Waals surface area contributed by atoms with Gasteiger partial charge in [-0.15, -0.1) is 0 Å². The fourth-order valence-electron chi connectivity index (χ4n) is 2.19. The topological polar surface area (TPSA) is 76.1 Å². The molecule has 1 amide bonds. The molecule has 2 rings (SSSR count). The van der Waals surface area contributed by atoms with Crippen molar-refractivity contribution in [3.63, 3.8) is 0 Å². The Morgan fingerprint density at radius 1 is 1.40 bits per heavy atom. The van der Waals surface area contributed by atoms with Gasteiger partial charge in [0.25, 0.3) is 5.91 Å². The Bertz CT molecular complexity index is 516. The molecule has 1 aromatic carbocycles. The van der Waals surface area contributed by atoms with E-state index < -0.39 is 12.1 Å². The van der Waals surface area contributed by atoms with Crippen molar-refractivity contribution in [3.05, 3.63) is 29.8 Å². The first-order chi connectivity index (χ1) is 9.51. The number of ether oxygens (including phenoxy) is 2. The van der Waals surface area contributed by atoms with E-state index in [0.29, 0.717) is 17.9 Å². The summed E-state index contributed by atoms with van der Waals surface area (Å²) in [6.07, 6.45) is -1.28. The maximum atomic E-state index is 12.4. The van der Waals surface area contributed by atoms with E-state index in [2.05, 4.69) is 0 Å². The van der Waals surface area contributed by atoms with Crippen LogP contribution in [-0.4, -0.2) is 54.3 Å². The van der Waals surface area contributed by atoms with Crippen LogP contribution >= 0.6 is 0 Å². The zero-order valence-corrected chi connectivity index (χ0v) is 11.4. The predicted molar refractivity (Wildman–Crippen MR) is 70.9 cm³/mol. The van der Waals surface area contributed by atoms with Crippen LogP contribution in [0.2, 0.25) is 0 Å². The van der Waals surface area contributed by atoms with Crippen LogP contribution in [0.15, 0.2) is 24.3 Å². The second-order valence-corrected chi connectivity index (χ2v) is 4.72. The van der Waals surface area contributed by atoms with Crippen LogP contribution in [0.1, 0.15) is 17.3 Å². The summed E-state index contributed by atoms with van der Waals surface area (Å²) in [6, 6.07) is 6.79. The molecule has 6 heteroatoms. The molecule has 1 saturated heterocycles. The number of hydrogen-bond donors (Lipinski definition) is 1. The van der Waals surface area contributed by atoms with Crippen LogP contribution in [0.25, 0.3) is 0 Å². The number of rotatable bonds is 3. The van der Waals surface area contributed by atoms with Crippen molar-refractivity contribution in [2.24, 2.45) is 0 Å². The van der Waals surface area contributed by atoms with E-state index in [1.54, 1.807) is 31.2 Å². The number of morpholine rings is 1. The molecule has 2 atom stereocenters. The van der Waals surface area contributed by atoms with Crippen LogP contribution in [0.3, 0.4) is 0 Å². The number of nitrogens with zero attached hydrogens (tertiary/aromatic N) is 1. The third-order valence-corrected chi connectivity index (χ3v) is 3.14. The van der Waals surface area contributed by atoms with E-state index in [-0.39, 0.29) is 18.6 Å². The lowest BCUT2D eigenvalue weighted by Gasteiger charge is -2.35. The average Bonchev–Trinajstić information content (AvgIpc) is 2.45. The van der Waals surface area contributed by atoms with Gasteiger partial charge < -0.3 is 19.5 Å². The van der Waals surface area contributed by atoms with E-state index in [0.717, 1.165) is 0 Å². The van der Waals surface area contributed by atoms with E-state index in [1.165, 1.54) is 12.0 Å². The number of carboxylic acid groups (broad SMARTS) is 1. The van der Waals surface area contributed by atoms with E-state index in [4.69, 9.17) is 14.6 Å². The highest BCUT2D eigenvalue weighted by Gasteiger charge is 2.33. The maximum Gasteiger partial charge on any atom is 0.334 e. The molecule has 1 N–H and O–H groups in total. The summed E-state index contributed by atoms with van der Waals surface area (Å²) >= 11 is 0. The van der Waals surface area contributed by atoms with E-state index >= 15 is 0 Å². The first-order valence-electron chi connectivity index (χ1n) is 6.33. The van der Waals surface area contributed by atoms with Crippen molar-refractivity contribution in [1.82, 2.24) is 4.90 Å². The van der Waals surface area contributed by atoms with Gasteiger partial charge in [0.2, 0.25) is 0 Å². The van der Waals surface area contributed by atoms with Crippen LogP contribution in [0, 0.1) is 0 Å². The molecule has 1 fully saturated rings. The minimum Gasteiger partial charge on any atom is -0.497 e. The Balaban J connectivity index is 2.16. The summed E-state index contributed by atoms with van der Waals surface area (Å²) in [7, 11) is 1.53. The molecule has 0 bridgehead atoms. The number of aliphatic carboxylic acids is 1. The first kappa shape index (κ1) is 14.3. The Morgan fingerprint density at radius 2 is 2.15 bits per heavy atom. The number of methoxy groups -OCH3 is 1. The largest absolute Gasteiger partial charge is 0.497 e. The molecule has 1 aliphatic rings. The Labute approximate surface area is 116 Å². The molecular formula is C14H17NO5. The maximum absolute atomic E-state index is 12.4. The zero-order chi connectivity index (χ0) is 14.7. The monoisotopic (exact) mass is 279 g/mol. The summed E-state index contributed by atoms with van der Waals surface area (Å²) < 4.78 is 10.4. The van der Waals surface area contributed by atoms with Gasteiger partial charge in [-0.2, -0.15) is 0 Å². The number of carbonyl (C=O) groups is 2. The Kier molecular flexibility index (Phi) is 4.24.